The van der Waals surface area contributed by atoms with Gasteiger partial charge in [-0.2, -0.15) is 5.10 Å². The van der Waals surface area contributed by atoms with Crippen molar-refractivity contribution in [1.29, 1.82) is 0 Å². The van der Waals surface area contributed by atoms with Gasteiger partial charge in [0.05, 0.1) is 18.8 Å². The van der Waals surface area contributed by atoms with E-state index in [4.69, 9.17) is 4.74 Å². The summed E-state index contributed by atoms with van der Waals surface area (Å²) in [5, 5.41) is 6.94. The highest BCUT2D eigenvalue weighted by molar-refractivity contribution is 5.82. The van der Waals surface area contributed by atoms with Crippen LogP contribution in [0.15, 0.2) is 35.4 Å². The molecule has 8 heteroatoms. The van der Waals surface area contributed by atoms with Crippen molar-refractivity contribution in [3.05, 3.63) is 52.2 Å². The molecule has 2 aromatic rings. The molecule has 4 atom stereocenters. The van der Waals surface area contributed by atoms with Crippen molar-refractivity contribution >= 4 is 5.91 Å². The molecule has 2 fully saturated rings. The quantitative estimate of drug-likeness (QED) is 0.804. The molecule has 1 N–H and O–H groups in total. The minimum Gasteiger partial charge on any atom is -0.383 e. The lowest BCUT2D eigenvalue weighted by molar-refractivity contribution is -0.140. The molecule has 3 aliphatic rings. The van der Waals surface area contributed by atoms with Gasteiger partial charge in [0.1, 0.15) is 6.04 Å². The van der Waals surface area contributed by atoms with Gasteiger partial charge >= 0.3 is 0 Å². The molecule has 0 radical (unpaired) electrons. The number of carbonyl (C=O) groups excluding carboxylic acids is 1. The molecular formula is C22H29N5O3. The fourth-order valence-electron chi connectivity index (χ4n) is 5.76. The van der Waals surface area contributed by atoms with Crippen molar-refractivity contribution in [2.45, 2.75) is 43.8 Å². The fraction of sp³-hybridized carbons (Fsp3) is 0.591. The van der Waals surface area contributed by atoms with E-state index in [1.54, 1.807) is 17.7 Å². The Hall–Kier alpha value is -2.45. The van der Waals surface area contributed by atoms with Crippen molar-refractivity contribution in [3.8, 4) is 0 Å². The molecule has 2 bridgehead atoms. The summed E-state index contributed by atoms with van der Waals surface area (Å²) >= 11 is 0. The second-order valence-corrected chi connectivity index (χ2v) is 8.88. The molecule has 8 nitrogen and oxygen atoms in total. The average Bonchev–Trinajstić information content (AvgIpc) is 3.41. The normalized spacial score (nSPS) is 28.5. The maximum Gasteiger partial charge on any atom is 0.251 e. The number of piperidine rings is 1. The summed E-state index contributed by atoms with van der Waals surface area (Å²) in [6.45, 7) is 3.80. The minimum atomic E-state index is -0.436. The van der Waals surface area contributed by atoms with E-state index in [0.717, 1.165) is 56.7 Å². The molecule has 0 aliphatic carbocycles. The third-order valence-electron chi connectivity index (χ3n) is 6.96. The molecular weight excluding hydrogens is 382 g/mol. The molecule has 0 spiro atoms. The number of likely N-dealkylation sites (tertiary alicyclic amines) is 2. The SMILES string of the molecule is COC[C@@H]1CCCN1C(=O)[C@H]1[C@H]2C[C@H](CN(Cc3cn[nH]c3)C2)c2cccc(=O)n21. The molecule has 5 rings (SSSR count). The molecule has 2 aromatic heterocycles. The summed E-state index contributed by atoms with van der Waals surface area (Å²) in [4.78, 5) is 31.1. The first kappa shape index (κ1) is 19.5. The maximum atomic E-state index is 13.8. The van der Waals surface area contributed by atoms with Crippen LogP contribution in [0.3, 0.4) is 0 Å². The van der Waals surface area contributed by atoms with E-state index in [9.17, 15) is 9.59 Å². The maximum absolute atomic E-state index is 13.8. The number of hydrogen-bond donors (Lipinski definition) is 1. The number of aromatic amines is 1. The van der Waals surface area contributed by atoms with Gasteiger partial charge in [0.25, 0.3) is 5.56 Å². The number of ether oxygens (including phenoxy) is 1. The predicted molar refractivity (Wildman–Crippen MR) is 111 cm³/mol. The van der Waals surface area contributed by atoms with Crippen LogP contribution in [0, 0.1) is 5.92 Å². The van der Waals surface area contributed by atoms with Gasteiger partial charge in [0.15, 0.2) is 0 Å². The first-order chi connectivity index (χ1) is 14.7. The average molecular weight is 412 g/mol. The van der Waals surface area contributed by atoms with Crippen molar-refractivity contribution in [2.75, 3.05) is 33.4 Å². The Morgan fingerprint density at radius 2 is 2.23 bits per heavy atom. The second-order valence-electron chi connectivity index (χ2n) is 8.88. The number of nitrogens with one attached hydrogen (secondary N) is 1. The number of rotatable bonds is 5. The van der Waals surface area contributed by atoms with Crippen LogP contribution >= 0.6 is 0 Å². The third kappa shape index (κ3) is 3.37. The zero-order valence-electron chi connectivity index (χ0n) is 17.4. The Morgan fingerprint density at radius 1 is 1.33 bits per heavy atom. The lowest BCUT2D eigenvalue weighted by atomic mass is 9.77. The number of fused-ring (bicyclic) bond motifs is 4. The van der Waals surface area contributed by atoms with Gasteiger partial charge in [-0.1, -0.05) is 6.07 Å². The summed E-state index contributed by atoms with van der Waals surface area (Å²) in [7, 11) is 1.68. The predicted octanol–water partition coefficient (Wildman–Crippen LogP) is 1.37. The standard InChI is InChI=1S/C22H29N5O3/c1-30-14-18-4-3-7-26(18)22(29)21-17-8-16(19-5-2-6-20(28)27(19)21)12-25(13-17)11-15-9-23-24-10-15/h2,5-6,9-10,16-18,21H,3-4,7-8,11-14H2,1H3,(H,23,24)/t16-,17+,18+,21-/m1/s1. The molecule has 3 aliphatic heterocycles. The van der Waals surface area contributed by atoms with Crippen LogP contribution < -0.4 is 5.56 Å². The number of aromatic nitrogens is 3. The first-order valence-corrected chi connectivity index (χ1v) is 10.9. The molecule has 0 unspecified atom stereocenters. The van der Waals surface area contributed by atoms with E-state index in [2.05, 4.69) is 15.1 Å². The van der Waals surface area contributed by atoms with E-state index in [1.165, 1.54) is 0 Å². The number of carbonyl (C=O) groups is 1. The number of nitrogens with zero attached hydrogens (tertiary/aromatic N) is 4. The highest BCUT2D eigenvalue weighted by atomic mass is 16.5. The van der Waals surface area contributed by atoms with Crippen LogP contribution in [-0.2, 0) is 16.1 Å². The topological polar surface area (TPSA) is 83.5 Å². The number of amides is 1. The van der Waals surface area contributed by atoms with Crippen molar-refractivity contribution in [1.82, 2.24) is 24.6 Å². The Kier molecular flexibility index (Phi) is 5.20. The largest absolute Gasteiger partial charge is 0.383 e. The summed E-state index contributed by atoms with van der Waals surface area (Å²) in [6, 6.07) is 5.11. The van der Waals surface area contributed by atoms with Gasteiger partial charge in [0, 0.05) is 68.6 Å². The summed E-state index contributed by atoms with van der Waals surface area (Å²) in [6.07, 6.45) is 6.67. The van der Waals surface area contributed by atoms with Crippen LogP contribution in [0.1, 0.15) is 42.5 Å². The van der Waals surface area contributed by atoms with Crippen LogP contribution in [0.2, 0.25) is 0 Å². The molecule has 0 aromatic carbocycles. The molecule has 5 heterocycles. The van der Waals surface area contributed by atoms with Crippen LogP contribution in [0.25, 0.3) is 0 Å². The summed E-state index contributed by atoms with van der Waals surface area (Å²) in [5.74, 6) is 0.471. The number of pyridine rings is 1. The first-order valence-electron chi connectivity index (χ1n) is 10.9. The van der Waals surface area contributed by atoms with Crippen molar-refractivity contribution in [2.24, 2.45) is 5.92 Å². The van der Waals surface area contributed by atoms with E-state index in [0.29, 0.717) is 6.61 Å². The molecule has 1 amide bonds. The van der Waals surface area contributed by atoms with Gasteiger partial charge < -0.3 is 9.64 Å². The fourth-order valence-corrected chi connectivity index (χ4v) is 5.76. The number of methoxy groups -OCH3 is 1. The zero-order chi connectivity index (χ0) is 20.7. The van der Waals surface area contributed by atoms with Gasteiger partial charge in [-0.25, -0.2) is 0 Å². The van der Waals surface area contributed by atoms with Gasteiger partial charge in [-0.3, -0.25) is 24.2 Å². The van der Waals surface area contributed by atoms with Gasteiger partial charge in [-0.15, -0.1) is 0 Å². The number of H-pyrrole nitrogens is 1. The van der Waals surface area contributed by atoms with E-state index in [1.807, 2.05) is 29.4 Å². The summed E-state index contributed by atoms with van der Waals surface area (Å²) in [5.41, 5.74) is 2.07. The Bertz CT molecular complexity index is 956. The lowest BCUT2D eigenvalue weighted by Crippen LogP contribution is -2.54. The van der Waals surface area contributed by atoms with Gasteiger partial charge in [-0.05, 0) is 25.3 Å². The Labute approximate surface area is 175 Å². The van der Waals surface area contributed by atoms with E-state index >= 15 is 0 Å². The molecule has 30 heavy (non-hydrogen) atoms. The zero-order valence-corrected chi connectivity index (χ0v) is 17.4. The Balaban J connectivity index is 1.49. The Morgan fingerprint density at radius 3 is 3.03 bits per heavy atom. The van der Waals surface area contributed by atoms with Crippen molar-refractivity contribution < 1.29 is 9.53 Å². The third-order valence-corrected chi connectivity index (χ3v) is 6.96. The molecule has 160 valence electrons. The lowest BCUT2D eigenvalue weighted by Gasteiger charge is -2.47. The second kappa shape index (κ2) is 8.00. The van der Waals surface area contributed by atoms with E-state index in [-0.39, 0.29) is 29.3 Å². The van der Waals surface area contributed by atoms with Crippen LogP contribution in [0.5, 0.6) is 0 Å². The van der Waals surface area contributed by atoms with E-state index < -0.39 is 6.04 Å². The number of hydrogen-bond acceptors (Lipinski definition) is 5. The highest BCUT2D eigenvalue weighted by Gasteiger charge is 2.46. The molecule has 2 saturated heterocycles. The minimum absolute atomic E-state index is 0.0636. The smallest absolute Gasteiger partial charge is 0.251 e. The summed E-state index contributed by atoms with van der Waals surface area (Å²) < 4.78 is 7.17. The van der Waals surface area contributed by atoms with Gasteiger partial charge in [0.2, 0.25) is 5.91 Å². The van der Waals surface area contributed by atoms with Crippen molar-refractivity contribution in [3.63, 3.8) is 0 Å². The highest BCUT2D eigenvalue weighted by Crippen LogP contribution is 2.42. The molecule has 0 saturated carbocycles. The monoisotopic (exact) mass is 411 g/mol. The van der Waals surface area contributed by atoms with Crippen LogP contribution in [0.4, 0.5) is 0 Å². The van der Waals surface area contributed by atoms with Crippen LogP contribution in [-0.4, -0.2) is 69.9 Å².